The number of aryl methyl sites for hydroxylation is 1. The van der Waals surface area contributed by atoms with E-state index in [9.17, 15) is 4.79 Å². The van der Waals surface area contributed by atoms with Crippen LogP contribution in [0.5, 0.6) is 0 Å². The quantitative estimate of drug-likeness (QED) is 0.814. The van der Waals surface area contributed by atoms with Gasteiger partial charge in [-0.25, -0.2) is 0 Å². The third kappa shape index (κ3) is 2.40. The van der Waals surface area contributed by atoms with Crippen molar-refractivity contribution in [3.63, 3.8) is 0 Å². The van der Waals surface area contributed by atoms with E-state index in [0.29, 0.717) is 10.8 Å². The average molecular weight is 310 g/mol. The van der Waals surface area contributed by atoms with Crippen LogP contribution in [0.25, 0.3) is 0 Å². The molecule has 1 amide bonds. The predicted octanol–water partition coefficient (Wildman–Crippen LogP) is 4.49. The number of carbonyl (C=O) groups is 1. The lowest BCUT2D eigenvalue weighted by molar-refractivity contribution is -0.115. The van der Waals surface area contributed by atoms with E-state index in [1.54, 1.807) is 23.1 Å². The maximum Gasteiger partial charge on any atom is 0.238 e. The Hall–Kier alpha value is -0.970. The van der Waals surface area contributed by atoms with Gasteiger partial charge < -0.3 is 0 Å². The summed E-state index contributed by atoms with van der Waals surface area (Å²) < 4.78 is 0. The number of halogens is 1. The molecule has 0 N–H and O–H groups in total. The number of nitrogens with zero attached hydrogens (tertiary/aromatic N) is 1. The lowest BCUT2D eigenvalue weighted by atomic mass is 10.1. The van der Waals surface area contributed by atoms with Crippen molar-refractivity contribution in [1.82, 2.24) is 0 Å². The highest BCUT2D eigenvalue weighted by Gasteiger charge is 2.34. The van der Waals surface area contributed by atoms with Gasteiger partial charge in [0, 0.05) is 10.7 Å². The Bertz CT molecular complexity index is 612. The summed E-state index contributed by atoms with van der Waals surface area (Å²) >= 11 is 9.39. The summed E-state index contributed by atoms with van der Waals surface area (Å²) in [7, 11) is 0. The van der Waals surface area contributed by atoms with Crippen molar-refractivity contribution in [1.29, 1.82) is 0 Å². The number of benzene rings is 1. The molecule has 0 saturated carbocycles. The van der Waals surface area contributed by atoms with E-state index in [4.69, 9.17) is 11.6 Å². The lowest BCUT2D eigenvalue weighted by Gasteiger charge is -2.25. The molecule has 98 valence electrons. The average Bonchev–Trinajstić information content (AvgIpc) is 3.01. The summed E-state index contributed by atoms with van der Waals surface area (Å²) in [5, 5.41) is 4.87. The fourth-order valence-electron chi connectivity index (χ4n) is 2.19. The number of rotatable bonds is 2. The van der Waals surface area contributed by atoms with Gasteiger partial charge in [-0.15, -0.1) is 11.8 Å². The first-order chi connectivity index (χ1) is 9.16. The van der Waals surface area contributed by atoms with Crippen LogP contribution in [-0.2, 0) is 4.79 Å². The molecule has 1 aliphatic heterocycles. The third-order valence-corrected chi connectivity index (χ3v) is 5.28. The minimum Gasteiger partial charge on any atom is -0.295 e. The fourth-order valence-corrected chi connectivity index (χ4v) is 4.28. The zero-order valence-corrected chi connectivity index (χ0v) is 12.7. The van der Waals surface area contributed by atoms with Crippen LogP contribution in [0.3, 0.4) is 0 Å². The monoisotopic (exact) mass is 309 g/mol. The van der Waals surface area contributed by atoms with Crippen LogP contribution in [-0.4, -0.2) is 11.7 Å². The van der Waals surface area contributed by atoms with Crippen LogP contribution in [0.4, 0.5) is 5.69 Å². The van der Waals surface area contributed by atoms with E-state index in [1.807, 2.05) is 35.4 Å². The van der Waals surface area contributed by atoms with Gasteiger partial charge >= 0.3 is 0 Å². The van der Waals surface area contributed by atoms with E-state index in [-0.39, 0.29) is 11.3 Å². The molecule has 2 heterocycles. The van der Waals surface area contributed by atoms with E-state index in [2.05, 4.69) is 11.4 Å². The molecule has 2 aromatic rings. The van der Waals surface area contributed by atoms with Gasteiger partial charge in [-0.05, 0) is 47.0 Å². The first-order valence-corrected chi connectivity index (χ1v) is 8.25. The first-order valence-electron chi connectivity index (χ1n) is 5.89. The molecule has 1 saturated heterocycles. The molecule has 1 aliphatic rings. The van der Waals surface area contributed by atoms with Gasteiger partial charge in [-0.1, -0.05) is 17.7 Å². The molecule has 5 heteroatoms. The zero-order valence-electron chi connectivity index (χ0n) is 10.3. The molecule has 19 heavy (non-hydrogen) atoms. The summed E-state index contributed by atoms with van der Waals surface area (Å²) in [4.78, 5) is 14.1. The summed E-state index contributed by atoms with van der Waals surface area (Å²) in [6, 6.07) is 7.76. The maximum atomic E-state index is 12.2. The molecule has 0 radical (unpaired) electrons. The van der Waals surface area contributed by atoms with Gasteiger partial charge in [-0.3, -0.25) is 9.69 Å². The number of anilines is 1. The first kappa shape index (κ1) is 13.0. The number of carbonyl (C=O) groups excluding carboxylic acids is 1. The zero-order chi connectivity index (χ0) is 13.4. The molecule has 1 aromatic carbocycles. The summed E-state index contributed by atoms with van der Waals surface area (Å²) in [5.74, 6) is 0.665. The van der Waals surface area contributed by atoms with Crippen molar-refractivity contribution in [2.24, 2.45) is 0 Å². The Morgan fingerprint density at radius 3 is 2.95 bits per heavy atom. The van der Waals surface area contributed by atoms with E-state index < -0.39 is 0 Å². The van der Waals surface area contributed by atoms with E-state index in [0.717, 1.165) is 11.3 Å². The van der Waals surface area contributed by atoms with Gasteiger partial charge in [0.1, 0.15) is 5.37 Å². The van der Waals surface area contributed by atoms with Gasteiger partial charge in [-0.2, -0.15) is 11.3 Å². The maximum absolute atomic E-state index is 12.2. The van der Waals surface area contributed by atoms with E-state index in [1.165, 1.54) is 5.56 Å². The predicted molar refractivity (Wildman–Crippen MR) is 83.2 cm³/mol. The van der Waals surface area contributed by atoms with Crippen LogP contribution in [0.15, 0.2) is 35.0 Å². The third-order valence-electron chi connectivity index (χ3n) is 3.13. The minimum atomic E-state index is 0.0657. The SMILES string of the molecule is Cc1ccc(Cl)cc1N1C(=O)CSC1c1ccsc1. The standard InChI is InChI=1S/C14H12ClNOS2/c1-9-2-3-11(15)6-12(9)16-13(17)8-19-14(16)10-4-5-18-7-10/h2-7,14H,8H2,1H3. The van der Waals surface area contributed by atoms with Crippen LogP contribution in [0.1, 0.15) is 16.5 Å². The Morgan fingerprint density at radius 1 is 1.37 bits per heavy atom. The molecular weight excluding hydrogens is 298 g/mol. The topological polar surface area (TPSA) is 20.3 Å². The molecular formula is C14H12ClNOS2. The van der Waals surface area contributed by atoms with Crippen molar-refractivity contribution < 1.29 is 4.79 Å². The van der Waals surface area contributed by atoms with Crippen molar-refractivity contribution in [2.75, 3.05) is 10.7 Å². The molecule has 1 aromatic heterocycles. The van der Waals surface area contributed by atoms with Crippen molar-refractivity contribution in [3.8, 4) is 0 Å². The highest BCUT2D eigenvalue weighted by atomic mass is 35.5. The second kappa shape index (κ2) is 5.19. The van der Waals surface area contributed by atoms with Gasteiger partial charge in [0.2, 0.25) is 5.91 Å². The van der Waals surface area contributed by atoms with Crippen molar-refractivity contribution in [2.45, 2.75) is 12.3 Å². The molecule has 1 fully saturated rings. The smallest absolute Gasteiger partial charge is 0.238 e. The van der Waals surface area contributed by atoms with Crippen LogP contribution < -0.4 is 4.90 Å². The molecule has 3 rings (SSSR count). The Labute approximate surface area is 125 Å². The number of thiophene rings is 1. The van der Waals surface area contributed by atoms with Gasteiger partial charge in [0.05, 0.1) is 5.75 Å². The van der Waals surface area contributed by atoms with E-state index >= 15 is 0 Å². The second-order valence-corrected chi connectivity index (χ2v) is 6.70. The Balaban J connectivity index is 2.05. The molecule has 2 nitrogen and oxygen atoms in total. The van der Waals surface area contributed by atoms with Crippen LogP contribution in [0, 0.1) is 6.92 Å². The number of hydrogen-bond donors (Lipinski definition) is 0. The summed E-state index contributed by atoms with van der Waals surface area (Å²) in [5.41, 5.74) is 3.17. The van der Waals surface area contributed by atoms with Crippen LogP contribution in [0.2, 0.25) is 5.02 Å². The Morgan fingerprint density at radius 2 is 2.21 bits per heavy atom. The van der Waals surface area contributed by atoms with Crippen molar-refractivity contribution >= 4 is 46.3 Å². The minimum absolute atomic E-state index is 0.0657. The highest BCUT2D eigenvalue weighted by molar-refractivity contribution is 8.00. The van der Waals surface area contributed by atoms with Gasteiger partial charge in [0.15, 0.2) is 0 Å². The highest BCUT2D eigenvalue weighted by Crippen LogP contribution is 2.43. The summed E-state index contributed by atoms with van der Waals surface area (Å²) in [6.07, 6.45) is 0. The second-order valence-electron chi connectivity index (χ2n) is 4.41. The molecule has 0 aliphatic carbocycles. The summed E-state index contributed by atoms with van der Waals surface area (Å²) in [6.45, 7) is 2.01. The molecule has 0 bridgehead atoms. The number of amides is 1. The lowest BCUT2D eigenvalue weighted by Crippen LogP contribution is -2.28. The fraction of sp³-hybridized carbons (Fsp3) is 0.214. The number of thioether (sulfide) groups is 1. The van der Waals surface area contributed by atoms with Crippen molar-refractivity contribution in [3.05, 3.63) is 51.2 Å². The number of hydrogen-bond acceptors (Lipinski definition) is 3. The molecule has 0 spiro atoms. The normalized spacial score (nSPS) is 19.2. The Kier molecular flexibility index (Phi) is 3.56. The molecule has 1 atom stereocenters. The molecule has 1 unspecified atom stereocenters. The van der Waals surface area contributed by atoms with Crippen LogP contribution >= 0.6 is 34.7 Å². The van der Waals surface area contributed by atoms with Gasteiger partial charge in [0.25, 0.3) is 0 Å². The largest absolute Gasteiger partial charge is 0.295 e.